The molecule has 0 aliphatic rings. The second-order valence-electron chi connectivity index (χ2n) is 7.05. The van der Waals surface area contributed by atoms with Gasteiger partial charge in [-0.15, -0.1) is 0 Å². The topological polar surface area (TPSA) is 67.8 Å². The first-order valence-electron chi connectivity index (χ1n) is 9.88. The number of benzene rings is 3. The molecule has 5 nitrogen and oxygen atoms in total. The number of hydrogen-bond donors (Lipinski definition) is 2. The Morgan fingerprint density at radius 3 is 2.53 bits per heavy atom. The first-order chi connectivity index (χ1) is 15.3. The molecule has 0 atom stereocenters. The molecule has 0 heterocycles. The number of carbonyl (C=O) groups is 1. The van der Waals surface area contributed by atoms with Crippen LogP contribution in [-0.2, 0) is 13.2 Å². The molecule has 0 saturated heterocycles. The van der Waals surface area contributed by atoms with Crippen molar-refractivity contribution in [3.8, 4) is 11.5 Å². The monoisotopic (exact) mass is 537 g/mol. The molecule has 0 aromatic heterocycles. The van der Waals surface area contributed by atoms with Crippen LogP contribution in [0.15, 0.2) is 53.0 Å². The molecule has 0 aliphatic carbocycles. The van der Waals surface area contributed by atoms with Crippen molar-refractivity contribution in [2.45, 2.75) is 27.0 Å². The predicted octanol–water partition coefficient (Wildman–Crippen LogP) is 7.35. The number of halogens is 3. The Kier molecular flexibility index (Phi) is 8.29. The highest BCUT2D eigenvalue weighted by molar-refractivity contribution is 9.10. The summed E-state index contributed by atoms with van der Waals surface area (Å²) in [7, 11) is 0. The van der Waals surface area contributed by atoms with Gasteiger partial charge in [-0.05, 0) is 83.4 Å². The third kappa shape index (κ3) is 6.09. The van der Waals surface area contributed by atoms with Gasteiger partial charge in [-0.3, -0.25) is 0 Å². The fourth-order valence-electron chi connectivity index (χ4n) is 3.11. The van der Waals surface area contributed by atoms with E-state index < -0.39 is 5.97 Å². The number of rotatable bonds is 9. The van der Waals surface area contributed by atoms with Crippen LogP contribution in [0, 0.1) is 6.92 Å². The average molecular weight is 539 g/mol. The smallest absolute Gasteiger partial charge is 0.335 e. The maximum Gasteiger partial charge on any atom is 0.335 e. The van der Waals surface area contributed by atoms with Gasteiger partial charge >= 0.3 is 5.97 Å². The summed E-state index contributed by atoms with van der Waals surface area (Å²) < 4.78 is 12.6. The molecule has 0 unspecified atom stereocenters. The molecular formula is C24H22BrCl2NO4. The van der Waals surface area contributed by atoms with Gasteiger partial charge in [-0.1, -0.05) is 29.3 Å². The lowest BCUT2D eigenvalue weighted by Crippen LogP contribution is -2.05. The lowest BCUT2D eigenvalue weighted by Gasteiger charge is -2.17. The zero-order valence-corrected chi connectivity index (χ0v) is 20.6. The largest absolute Gasteiger partial charge is 0.490 e. The highest BCUT2D eigenvalue weighted by Crippen LogP contribution is 2.38. The minimum absolute atomic E-state index is 0.261. The van der Waals surface area contributed by atoms with Crippen LogP contribution in [0.25, 0.3) is 0 Å². The second kappa shape index (κ2) is 10.9. The zero-order valence-electron chi connectivity index (χ0n) is 17.5. The van der Waals surface area contributed by atoms with Crippen molar-refractivity contribution in [3.05, 3.63) is 85.3 Å². The lowest BCUT2D eigenvalue weighted by molar-refractivity contribution is 0.0697. The van der Waals surface area contributed by atoms with E-state index in [1.165, 1.54) is 0 Å². The maximum absolute atomic E-state index is 11.1. The minimum Gasteiger partial charge on any atom is -0.490 e. The Hall–Kier alpha value is -2.41. The maximum atomic E-state index is 11.1. The second-order valence-corrected chi connectivity index (χ2v) is 8.75. The Morgan fingerprint density at radius 1 is 1.09 bits per heavy atom. The Bertz CT molecular complexity index is 1140. The van der Waals surface area contributed by atoms with Gasteiger partial charge in [0, 0.05) is 27.8 Å². The summed E-state index contributed by atoms with van der Waals surface area (Å²) in [5.74, 6) is 0.255. The minimum atomic E-state index is -0.944. The number of anilines is 1. The van der Waals surface area contributed by atoms with Crippen molar-refractivity contribution in [3.63, 3.8) is 0 Å². The van der Waals surface area contributed by atoms with Crippen LogP contribution in [0.4, 0.5) is 5.69 Å². The molecule has 8 heteroatoms. The molecule has 0 aliphatic heterocycles. The van der Waals surface area contributed by atoms with Crippen LogP contribution in [0.2, 0.25) is 10.0 Å². The summed E-state index contributed by atoms with van der Waals surface area (Å²) in [5.41, 5.74) is 3.77. The van der Waals surface area contributed by atoms with Crippen molar-refractivity contribution >= 4 is 50.8 Å². The fourth-order valence-corrected chi connectivity index (χ4v) is 4.17. The summed E-state index contributed by atoms with van der Waals surface area (Å²) in [6.45, 7) is 5.05. The molecule has 0 fully saturated rings. The molecule has 0 bridgehead atoms. The lowest BCUT2D eigenvalue weighted by atomic mass is 10.1. The standard InChI is InChI=1S/C24H22BrCl2NO4/c1-3-31-22-10-15(12-28-21-7-5-16(24(29)30)8-14(21)2)9-19(25)23(22)32-13-17-4-6-18(26)11-20(17)27/h4-11,28H,3,12-13H2,1-2H3,(H,29,30). The Balaban J connectivity index is 1.76. The van der Waals surface area contributed by atoms with Gasteiger partial charge in [-0.25, -0.2) is 4.79 Å². The van der Waals surface area contributed by atoms with E-state index in [0.717, 1.165) is 26.9 Å². The molecule has 3 aromatic carbocycles. The van der Waals surface area contributed by atoms with Gasteiger partial charge in [0.1, 0.15) is 6.61 Å². The third-order valence-electron chi connectivity index (χ3n) is 4.71. The van der Waals surface area contributed by atoms with E-state index >= 15 is 0 Å². The SMILES string of the molecule is CCOc1cc(CNc2ccc(C(=O)O)cc2C)cc(Br)c1OCc1ccc(Cl)cc1Cl. The predicted molar refractivity (Wildman–Crippen MR) is 132 cm³/mol. The zero-order chi connectivity index (χ0) is 23.3. The van der Waals surface area contributed by atoms with Crippen molar-refractivity contribution in [1.82, 2.24) is 0 Å². The van der Waals surface area contributed by atoms with Crippen molar-refractivity contribution < 1.29 is 19.4 Å². The molecular weight excluding hydrogens is 517 g/mol. The number of carboxylic acid groups (broad SMARTS) is 1. The molecule has 32 heavy (non-hydrogen) atoms. The van der Waals surface area contributed by atoms with E-state index in [-0.39, 0.29) is 12.2 Å². The quantitative estimate of drug-likeness (QED) is 0.298. The summed E-state index contributed by atoms with van der Waals surface area (Å²) in [5, 5.41) is 13.6. The molecule has 0 radical (unpaired) electrons. The number of hydrogen-bond acceptors (Lipinski definition) is 4. The van der Waals surface area contributed by atoms with E-state index in [2.05, 4.69) is 21.2 Å². The van der Waals surface area contributed by atoms with Crippen LogP contribution >= 0.6 is 39.1 Å². The van der Waals surface area contributed by atoms with Crippen LogP contribution in [0.5, 0.6) is 11.5 Å². The van der Waals surface area contributed by atoms with Crippen LogP contribution < -0.4 is 14.8 Å². The summed E-state index contributed by atoms with van der Waals surface area (Å²) in [4.78, 5) is 11.1. The molecule has 3 aromatic rings. The van der Waals surface area contributed by atoms with Gasteiger partial charge in [-0.2, -0.15) is 0 Å². The highest BCUT2D eigenvalue weighted by atomic mass is 79.9. The van der Waals surface area contributed by atoms with E-state index in [0.29, 0.717) is 34.7 Å². The van der Waals surface area contributed by atoms with Crippen LogP contribution in [0.1, 0.15) is 34.0 Å². The van der Waals surface area contributed by atoms with E-state index in [1.54, 1.807) is 30.3 Å². The number of carboxylic acids is 1. The number of ether oxygens (including phenoxy) is 2. The highest BCUT2D eigenvalue weighted by Gasteiger charge is 2.14. The van der Waals surface area contributed by atoms with Gasteiger partial charge in [0.2, 0.25) is 0 Å². The fraction of sp³-hybridized carbons (Fsp3) is 0.208. The van der Waals surface area contributed by atoms with E-state index in [1.807, 2.05) is 32.0 Å². The first-order valence-corrected chi connectivity index (χ1v) is 11.4. The van der Waals surface area contributed by atoms with Crippen molar-refractivity contribution in [2.24, 2.45) is 0 Å². The number of aromatic carboxylic acids is 1. The summed E-state index contributed by atoms with van der Waals surface area (Å²) in [6.07, 6.45) is 0. The molecule has 3 rings (SSSR count). The molecule has 0 amide bonds. The van der Waals surface area contributed by atoms with Crippen LogP contribution in [0.3, 0.4) is 0 Å². The van der Waals surface area contributed by atoms with Gasteiger partial charge in [0.05, 0.1) is 16.6 Å². The molecule has 0 saturated carbocycles. The van der Waals surface area contributed by atoms with E-state index in [4.69, 9.17) is 37.8 Å². The van der Waals surface area contributed by atoms with Gasteiger partial charge < -0.3 is 19.9 Å². The third-order valence-corrected chi connectivity index (χ3v) is 5.89. The molecule has 0 spiro atoms. The van der Waals surface area contributed by atoms with Gasteiger partial charge in [0.25, 0.3) is 0 Å². The Labute approximate surface area is 205 Å². The molecule has 2 N–H and O–H groups in total. The number of aryl methyl sites for hydroxylation is 1. The van der Waals surface area contributed by atoms with Crippen molar-refractivity contribution in [2.75, 3.05) is 11.9 Å². The average Bonchev–Trinajstić information content (AvgIpc) is 2.73. The summed E-state index contributed by atoms with van der Waals surface area (Å²) in [6, 6.07) is 14.1. The molecule has 168 valence electrons. The van der Waals surface area contributed by atoms with Gasteiger partial charge in [0.15, 0.2) is 11.5 Å². The Morgan fingerprint density at radius 2 is 1.88 bits per heavy atom. The van der Waals surface area contributed by atoms with E-state index in [9.17, 15) is 4.79 Å². The van der Waals surface area contributed by atoms with Crippen molar-refractivity contribution in [1.29, 1.82) is 0 Å². The van der Waals surface area contributed by atoms with Crippen LogP contribution in [-0.4, -0.2) is 17.7 Å². The first kappa shape index (κ1) is 24.2. The normalized spacial score (nSPS) is 10.7. The summed E-state index contributed by atoms with van der Waals surface area (Å²) >= 11 is 15.8. The number of nitrogens with one attached hydrogen (secondary N) is 1.